The molecule has 0 amide bonds. The van der Waals surface area contributed by atoms with E-state index >= 15 is 0 Å². The van der Waals surface area contributed by atoms with Gasteiger partial charge in [0.05, 0.1) is 13.7 Å². The second kappa shape index (κ2) is 6.89. The fourth-order valence-electron chi connectivity index (χ4n) is 1.41. The van der Waals surface area contributed by atoms with Crippen LogP contribution in [0.4, 0.5) is 8.78 Å². The molecule has 1 atom stereocenters. The van der Waals surface area contributed by atoms with Crippen LogP contribution in [-0.2, 0) is 9.53 Å². The summed E-state index contributed by atoms with van der Waals surface area (Å²) in [6, 6.07) is 3.78. The Hall–Kier alpha value is -1.89. The minimum atomic E-state index is -3.04. The number of alkyl halides is 2. The van der Waals surface area contributed by atoms with Crippen LogP contribution in [0.25, 0.3) is 0 Å². The Bertz CT molecular complexity index is 436. The largest absolute Gasteiger partial charge is 0.493 e. The van der Waals surface area contributed by atoms with Crippen LogP contribution in [0.2, 0.25) is 0 Å². The van der Waals surface area contributed by atoms with Crippen LogP contribution in [0.3, 0.4) is 0 Å². The molecule has 0 fully saturated rings. The number of rotatable bonds is 6. The van der Waals surface area contributed by atoms with Gasteiger partial charge < -0.3 is 19.3 Å². The van der Waals surface area contributed by atoms with Gasteiger partial charge in [-0.05, 0) is 24.6 Å². The monoisotopic (exact) mass is 276 g/mol. The van der Waals surface area contributed by atoms with E-state index in [2.05, 4.69) is 9.47 Å². The Morgan fingerprint density at radius 2 is 2.05 bits per heavy atom. The van der Waals surface area contributed by atoms with Gasteiger partial charge in [0.25, 0.3) is 0 Å². The van der Waals surface area contributed by atoms with Crippen LogP contribution in [0, 0.1) is 0 Å². The fourth-order valence-corrected chi connectivity index (χ4v) is 1.41. The number of aliphatic hydroxyl groups is 1. The van der Waals surface area contributed by atoms with E-state index in [0.29, 0.717) is 0 Å². The summed E-state index contributed by atoms with van der Waals surface area (Å²) in [4.78, 5) is 11.3. The average molecular weight is 276 g/mol. The number of hydrogen-bond acceptors (Lipinski definition) is 5. The summed E-state index contributed by atoms with van der Waals surface area (Å²) < 4.78 is 38.1. The molecule has 0 aliphatic heterocycles. The number of halogens is 2. The first kappa shape index (κ1) is 15.2. The number of carbonyl (C=O) groups excluding carboxylic acids is 1. The van der Waals surface area contributed by atoms with Gasteiger partial charge >= 0.3 is 12.6 Å². The van der Waals surface area contributed by atoms with E-state index in [9.17, 15) is 18.7 Å². The van der Waals surface area contributed by atoms with E-state index in [0.717, 1.165) is 6.07 Å². The predicted molar refractivity (Wildman–Crippen MR) is 61.2 cm³/mol. The van der Waals surface area contributed by atoms with E-state index in [1.54, 1.807) is 6.92 Å². The third kappa shape index (κ3) is 4.06. The molecule has 1 aromatic rings. The third-order valence-electron chi connectivity index (χ3n) is 2.23. The van der Waals surface area contributed by atoms with Gasteiger partial charge in [0.2, 0.25) is 0 Å². The van der Waals surface area contributed by atoms with Crippen LogP contribution in [0.15, 0.2) is 18.2 Å². The van der Waals surface area contributed by atoms with Crippen molar-refractivity contribution in [3.8, 4) is 11.5 Å². The second-order valence-electron chi connectivity index (χ2n) is 3.44. The number of aliphatic hydroxyl groups excluding tert-OH is 1. The molecule has 0 radical (unpaired) electrons. The maximum atomic E-state index is 12.2. The Morgan fingerprint density at radius 3 is 2.58 bits per heavy atom. The van der Waals surface area contributed by atoms with Crippen molar-refractivity contribution in [2.24, 2.45) is 0 Å². The lowest BCUT2D eigenvalue weighted by molar-refractivity contribution is -0.153. The van der Waals surface area contributed by atoms with Gasteiger partial charge in [-0.25, -0.2) is 4.79 Å². The molecule has 0 aliphatic rings. The summed E-state index contributed by atoms with van der Waals surface area (Å²) in [7, 11) is 1.29. The van der Waals surface area contributed by atoms with Crippen molar-refractivity contribution in [3.05, 3.63) is 23.8 Å². The lowest BCUT2D eigenvalue weighted by Crippen LogP contribution is -2.15. The Morgan fingerprint density at radius 1 is 1.37 bits per heavy atom. The summed E-state index contributed by atoms with van der Waals surface area (Å²) in [6.45, 7) is -1.35. The number of benzene rings is 1. The SMILES string of the molecule is CCOC(=O)C(O)c1ccc(OC)c(OC(F)F)c1. The highest BCUT2D eigenvalue weighted by Crippen LogP contribution is 2.31. The van der Waals surface area contributed by atoms with Crippen LogP contribution in [-0.4, -0.2) is 31.4 Å². The lowest BCUT2D eigenvalue weighted by atomic mass is 10.1. The summed E-state index contributed by atoms with van der Waals surface area (Å²) in [5, 5.41) is 9.68. The van der Waals surface area contributed by atoms with Crippen molar-refractivity contribution < 1.29 is 32.9 Å². The van der Waals surface area contributed by atoms with Gasteiger partial charge in [0, 0.05) is 0 Å². The van der Waals surface area contributed by atoms with Gasteiger partial charge in [0.1, 0.15) is 0 Å². The molecule has 0 saturated carbocycles. The van der Waals surface area contributed by atoms with Crippen molar-refractivity contribution in [2.45, 2.75) is 19.6 Å². The van der Waals surface area contributed by atoms with E-state index < -0.39 is 18.7 Å². The standard InChI is InChI=1S/C12H14F2O5/c1-3-18-11(16)10(15)7-4-5-8(17-2)9(6-7)19-12(13)14/h4-6,10,12,15H,3H2,1-2H3. The molecule has 106 valence electrons. The first-order valence-corrected chi connectivity index (χ1v) is 5.47. The highest BCUT2D eigenvalue weighted by atomic mass is 19.3. The zero-order valence-electron chi connectivity index (χ0n) is 10.4. The zero-order valence-corrected chi connectivity index (χ0v) is 10.4. The zero-order chi connectivity index (χ0) is 14.4. The van der Waals surface area contributed by atoms with Crippen LogP contribution >= 0.6 is 0 Å². The van der Waals surface area contributed by atoms with Crippen molar-refractivity contribution in [3.63, 3.8) is 0 Å². The molecule has 0 saturated heterocycles. The highest BCUT2D eigenvalue weighted by Gasteiger charge is 2.21. The molecule has 0 bridgehead atoms. The minimum absolute atomic E-state index is 0.0695. The summed E-state index contributed by atoms with van der Waals surface area (Å²) in [5.74, 6) is -1.06. The van der Waals surface area contributed by atoms with Crippen molar-refractivity contribution >= 4 is 5.97 Å². The number of methoxy groups -OCH3 is 1. The van der Waals surface area contributed by atoms with Crippen molar-refractivity contribution in [1.82, 2.24) is 0 Å². The first-order chi connectivity index (χ1) is 8.99. The molecule has 0 aliphatic carbocycles. The number of carbonyl (C=O) groups is 1. The van der Waals surface area contributed by atoms with Gasteiger partial charge in [-0.2, -0.15) is 8.78 Å². The Kier molecular flexibility index (Phi) is 5.50. The molecule has 7 heteroatoms. The maximum absolute atomic E-state index is 12.2. The summed E-state index contributed by atoms with van der Waals surface area (Å²) in [6.07, 6.45) is -1.56. The quantitative estimate of drug-likeness (QED) is 0.804. The lowest BCUT2D eigenvalue weighted by Gasteiger charge is -2.14. The van der Waals surface area contributed by atoms with Crippen LogP contribution in [0.5, 0.6) is 11.5 Å². The van der Waals surface area contributed by atoms with Gasteiger partial charge in [-0.1, -0.05) is 6.07 Å². The van der Waals surface area contributed by atoms with Gasteiger partial charge in [-0.15, -0.1) is 0 Å². The summed E-state index contributed by atoms with van der Waals surface area (Å²) >= 11 is 0. The van der Waals surface area contributed by atoms with Gasteiger partial charge in [0.15, 0.2) is 17.6 Å². The Labute approximate surface area is 108 Å². The molecule has 5 nitrogen and oxygen atoms in total. The molecular weight excluding hydrogens is 262 g/mol. The molecule has 1 unspecified atom stereocenters. The predicted octanol–water partition coefficient (Wildman–Crippen LogP) is 1.89. The van der Waals surface area contributed by atoms with Gasteiger partial charge in [-0.3, -0.25) is 0 Å². The molecule has 1 N–H and O–H groups in total. The molecular formula is C12H14F2O5. The molecule has 0 spiro atoms. The molecule has 1 rings (SSSR count). The summed E-state index contributed by atoms with van der Waals surface area (Å²) in [5.41, 5.74) is 0.0786. The third-order valence-corrected chi connectivity index (χ3v) is 2.23. The van der Waals surface area contributed by atoms with Crippen molar-refractivity contribution in [2.75, 3.05) is 13.7 Å². The van der Waals surface area contributed by atoms with Crippen LogP contribution < -0.4 is 9.47 Å². The normalized spacial score (nSPS) is 12.1. The number of ether oxygens (including phenoxy) is 3. The molecule has 19 heavy (non-hydrogen) atoms. The Balaban J connectivity index is 2.99. The first-order valence-electron chi connectivity index (χ1n) is 5.47. The van der Waals surface area contributed by atoms with E-state index in [4.69, 9.17) is 4.74 Å². The maximum Gasteiger partial charge on any atom is 0.387 e. The highest BCUT2D eigenvalue weighted by molar-refractivity contribution is 5.76. The minimum Gasteiger partial charge on any atom is -0.493 e. The number of hydrogen-bond donors (Lipinski definition) is 1. The molecule has 0 aromatic heterocycles. The topological polar surface area (TPSA) is 65.0 Å². The van der Waals surface area contributed by atoms with E-state index in [1.165, 1.54) is 19.2 Å². The fraction of sp³-hybridized carbons (Fsp3) is 0.417. The van der Waals surface area contributed by atoms with Crippen molar-refractivity contribution in [1.29, 1.82) is 0 Å². The van der Waals surface area contributed by atoms with E-state index in [1.807, 2.05) is 0 Å². The average Bonchev–Trinajstić information content (AvgIpc) is 2.37. The number of esters is 1. The second-order valence-corrected chi connectivity index (χ2v) is 3.44. The molecule has 0 heterocycles. The molecule has 1 aromatic carbocycles. The smallest absolute Gasteiger partial charge is 0.387 e. The van der Waals surface area contributed by atoms with E-state index in [-0.39, 0.29) is 23.7 Å². The van der Waals surface area contributed by atoms with Crippen LogP contribution in [0.1, 0.15) is 18.6 Å².